The first kappa shape index (κ1) is 10.1. The molecule has 1 aliphatic heterocycles. The van der Waals surface area contributed by atoms with Gasteiger partial charge in [-0.25, -0.2) is 0 Å². The van der Waals surface area contributed by atoms with Crippen LogP contribution in [-0.4, -0.2) is 28.6 Å². The molecular formula is C11H14N2O2. The summed E-state index contributed by atoms with van der Waals surface area (Å²) >= 11 is 0. The first-order valence-electron chi connectivity index (χ1n) is 4.99. The van der Waals surface area contributed by atoms with E-state index in [2.05, 4.69) is 4.98 Å². The molecule has 0 radical (unpaired) electrons. The highest BCUT2D eigenvalue weighted by atomic mass is 16.3. The molecule has 1 aromatic heterocycles. The van der Waals surface area contributed by atoms with E-state index in [0.29, 0.717) is 6.54 Å². The number of rotatable bonds is 1. The van der Waals surface area contributed by atoms with Gasteiger partial charge in [0.2, 0.25) is 5.91 Å². The zero-order chi connectivity index (χ0) is 11.0. The third-order valence-corrected chi connectivity index (χ3v) is 2.74. The molecule has 1 unspecified atom stereocenters. The summed E-state index contributed by atoms with van der Waals surface area (Å²) in [6.45, 7) is 4.27. The second-order valence-corrected chi connectivity index (χ2v) is 3.96. The van der Waals surface area contributed by atoms with Crippen LogP contribution in [0.4, 0.5) is 5.69 Å². The van der Waals surface area contributed by atoms with Gasteiger partial charge in [-0.1, -0.05) is 0 Å². The van der Waals surface area contributed by atoms with Crippen molar-refractivity contribution in [2.45, 2.75) is 26.4 Å². The van der Waals surface area contributed by atoms with Crippen molar-refractivity contribution in [2.75, 3.05) is 11.4 Å². The normalized spacial score (nSPS) is 21.1. The Kier molecular flexibility index (Phi) is 2.44. The zero-order valence-electron chi connectivity index (χ0n) is 8.90. The Morgan fingerprint density at radius 3 is 2.80 bits per heavy atom. The number of pyridine rings is 1. The Labute approximate surface area is 88.6 Å². The lowest BCUT2D eigenvalue weighted by Gasteiger charge is -2.16. The number of aromatic nitrogens is 1. The number of anilines is 1. The smallest absolute Gasteiger partial charge is 0.229 e. The number of β-amino-alcohol motifs (C(OH)–C–C–N with tert-alkyl or cyclic N) is 1. The lowest BCUT2D eigenvalue weighted by Crippen LogP contribution is -2.25. The first-order chi connectivity index (χ1) is 7.08. The van der Waals surface area contributed by atoms with Crippen LogP contribution < -0.4 is 4.90 Å². The maximum Gasteiger partial charge on any atom is 0.229 e. The van der Waals surface area contributed by atoms with Gasteiger partial charge in [0.25, 0.3) is 0 Å². The van der Waals surface area contributed by atoms with Crippen LogP contribution in [0.5, 0.6) is 0 Å². The summed E-state index contributed by atoms with van der Waals surface area (Å²) in [5, 5.41) is 9.37. The van der Waals surface area contributed by atoms with Crippen molar-refractivity contribution in [1.82, 2.24) is 4.98 Å². The molecule has 1 atom stereocenters. The Hall–Kier alpha value is -1.42. The van der Waals surface area contributed by atoms with Gasteiger partial charge in [0.1, 0.15) is 0 Å². The van der Waals surface area contributed by atoms with Crippen molar-refractivity contribution in [2.24, 2.45) is 0 Å². The summed E-state index contributed by atoms with van der Waals surface area (Å²) < 4.78 is 0. The van der Waals surface area contributed by atoms with Gasteiger partial charge in [0.05, 0.1) is 31.0 Å². The molecular weight excluding hydrogens is 192 g/mol. The quantitative estimate of drug-likeness (QED) is 0.739. The van der Waals surface area contributed by atoms with Gasteiger partial charge >= 0.3 is 0 Å². The molecule has 0 saturated carbocycles. The van der Waals surface area contributed by atoms with E-state index < -0.39 is 6.10 Å². The third-order valence-electron chi connectivity index (χ3n) is 2.74. The molecule has 4 nitrogen and oxygen atoms in total. The molecule has 2 heterocycles. The Balaban J connectivity index is 2.30. The number of hydrogen-bond acceptors (Lipinski definition) is 3. The molecule has 0 bridgehead atoms. The van der Waals surface area contributed by atoms with Crippen molar-refractivity contribution in [3.8, 4) is 0 Å². The minimum atomic E-state index is -0.542. The molecule has 0 aromatic carbocycles. The van der Waals surface area contributed by atoms with Gasteiger partial charge in [-0.05, 0) is 25.5 Å². The fourth-order valence-corrected chi connectivity index (χ4v) is 1.71. The van der Waals surface area contributed by atoms with Crippen molar-refractivity contribution >= 4 is 11.6 Å². The van der Waals surface area contributed by atoms with E-state index in [-0.39, 0.29) is 12.3 Å². The SMILES string of the molecule is Cc1cc(N2CC(O)CC2=O)cnc1C. The van der Waals surface area contributed by atoms with Gasteiger partial charge in [-0.15, -0.1) is 0 Å². The van der Waals surface area contributed by atoms with Crippen LogP contribution in [0.3, 0.4) is 0 Å². The summed E-state index contributed by atoms with van der Waals surface area (Å²) in [7, 11) is 0. The number of aryl methyl sites for hydroxylation is 2. The molecule has 0 aliphatic carbocycles. The molecule has 15 heavy (non-hydrogen) atoms. The van der Waals surface area contributed by atoms with Crippen molar-refractivity contribution in [1.29, 1.82) is 0 Å². The van der Waals surface area contributed by atoms with E-state index in [9.17, 15) is 9.90 Å². The minimum absolute atomic E-state index is 0.0347. The van der Waals surface area contributed by atoms with Gasteiger partial charge in [0, 0.05) is 5.69 Å². The molecule has 0 spiro atoms. The highest BCUT2D eigenvalue weighted by Crippen LogP contribution is 2.22. The number of aliphatic hydroxyl groups is 1. The number of aliphatic hydroxyl groups excluding tert-OH is 1. The fourth-order valence-electron chi connectivity index (χ4n) is 1.71. The largest absolute Gasteiger partial charge is 0.391 e. The Bertz CT molecular complexity index is 404. The van der Waals surface area contributed by atoms with Crippen LogP contribution in [-0.2, 0) is 4.79 Å². The standard InChI is InChI=1S/C11H14N2O2/c1-7-3-9(5-12-8(7)2)13-6-10(14)4-11(13)15/h3,5,10,14H,4,6H2,1-2H3. The molecule has 2 rings (SSSR count). The van der Waals surface area contributed by atoms with E-state index in [1.54, 1.807) is 11.1 Å². The molecule has 1 fully saturated rings. The number of amides is 1. The average Bonchev–Trinajstić information content (AvgIpc) is 2.50. The number of hydrogen-bond donors (Lipinski definition) is 1. The second-order valence-electron chi connectivity index (χ2n) is 3.96. The van der Waals surface area contributed by atoms with Crippen LogP contribution in [0.15, 0.2) is 12.3 Å². The van der Waals surface area contributed by atoms with E-state index in [1.807, 2.05) is 19.9 Å². The van der Waals surface area contributed by atoms with E-state index in [4.69, 9.17) is 0 Å². The first-order valence-corrected chi connectivity index (χ1v) is 4.99. The van der Waals surface area contributed by atoms with E-state index in [1.165, 1.54) is 0 Å². The number of carbonyl (C=O) groups is 1. The molecule has 1 N–H and O–H groups in total. The van der Waals surface area contributed by atoms with Crippen molar-refractivity contribution < 1.29 is 9.90 Å². The monoisotopic (exact) mass is 206 g/mol. The van der Waals surface area contributed by atoms with Crippen LogP contribution >= 0.6 is 0 Å². The van der Waals surface area contributed by atoms with E-state index in [0.717, 1.165) is 16.9 Å². The third kappa shape index (κ3) is 1.85. The van der Waals surface area contributed by atoms with Gasteiger partial charge in [-0.2, -0.15) is 0 Å². The van der Waals surface area contributed by atoms with Crippen LogP contribution in [0.2, 0.25) is 0 Å². The topological polar surface area (TPSA) is 53.4 Å². The molecule has 80 valence electrons. The van der Waals surface area contributed by atoms with Crippen LogP contribution in [0.1, 0.15) is 17.7 Å². The van der Waals surface area contributed by atoms with Gasteiger partial charge in [-0.3, -0.25) is 9.78 Å². The lowest BCUT2D eigenvalue weighted by molar-refractivity contribution is -0.117. The highest BCUT2D eigenvalue weighted by Gasteiger charge is 2.29. The average molecular weight is 206 g/mol. The number of carbonyl (C=O) groups excluding carboxylic acids is 1. The number of nitrogens with zero attached hydrogens (tertiary/aromatic N) is 2. The highest BCUT2D eigenvalue weighted by molar-refractivity contribution is 5.95. The predicted octanol–water partition coefficient (Wildman–Crippen LogP) is 0.796. The van der Waals surface area contributed by atoms with Crippen molar-refractivity contribution in [3.63, 3.8) is 0 Å². The minimum Gasteiger partial charge on any atom is -0.391 e. The van der Waals surface area contributed by atoms with Gasteiger partial charge in [0.15, 0.2) is 0 Å². The maximum absolute atomic E-state index is 11.5. The molecule has 1 aromatic rings. The molecule has 1 amide bonds. The molecule has 1 saturated heterocycles. The predicted molar refractivity (Wildman–Crippen MR) is 56.7 cm³/mol. The second kappa shape index (κ2) is 3.62. The lowest BCUT2D eigenvalue weighted by atomic mass is 10.2. The van der Waals surface area contributed by atoms with E-state index >= 15 is 0 Å². The summed E-state index contributed by atoms with van der Waals surface area (Å²) in [6.07, 6.45) is 1.35. The zero-order valence-corrected chi connectivity index (χ0v) is 8.90. The molecule has 4 heteroatoms. The van der Waals surface area contributed by atoms with Crippen LogP contribution in [0.25, 0.3) is 0 Å². The Morgan fingerprint density at radius 2 is 2.27 bits per heavy atom. The Morgan fingerprint density at radius 1 is 1.53 bits per heavy atom. The summed E-state index contributed by atoms with van der Waals surface area (Å²) in [5.74, 6) is -0.0347. The summed E-state index contributed by atoms with van der Waals surface area (Å²) in [6, 6.07) is 1.93. The maximum atomic E-state index is 11.5. The fraction of sp³-hybridized carbons (Fsp3) is 0.455. The van der Waals surface area contributed by atoms with Crippen molar-refractivity contribution in [3.05, 3.63) is 23.5 Å². The van der Waals surface area contributed by atoms with Crippen LogP contribution in [0, 0.1) is 13.8 Å². The van der Waals surface area contributed by atoms with Gasteiger partial charge < -0.3 is 10.0 Å². The summed E-state index contributed by atoms with van der Waals surface area (Å²) in [4.78, 5) is 17.3. The molecule has 1 aliphatic rings. The summed E-state index contributed by atoms with van der Waals surface area (Å²) in [5.41, 5.74) is 2.80.